The number of nitrogens with zero attached hydrogens (tertiary/aromatic N) is 5. The van der Waals surface area contributed by atoms with Crippen LogP contribution >= 0.6 is 23.2 Å². The lowest BCUT2D eigenvalue weighted by molar-refractivity contribution is -0.131. The lowest BCUT2D eigenvalue weighted by atomic mass is 10.3. The largest absolute Gasteiger partial charge is 0.338 e. The van der Waals surface area contributed by atoms with E-state index >= 15 is 0 Å². The van der Waals surface area contributed by atoms with E-state index in [2.05, 4.69) is 10.2 Å². The topological polar surface area (TPSA) is 56.0 Å². The zero-order valence-corrected chi connectivity index (χ0v) is 15.3. The molecule has 12 heteroatoms. The van der Waals surface area contributed by atoms with E-state index in [1.807, 2.05) is 6.92 Å². The Bertz CT molecular complexity index is 793. The Kier molecular flexibility index (Phi) is 6.51. The second kappa shape index (κ2) is 8.26. The van der Waals surface area contributed by atoms with Crippen LogP contribution in [0.25, 0.3) is 0 Å². The van der Waals surface area contributed by atoms with Crippen molar-refractivity contribution in [1.82, 2.24) is 24.5 Å². The summed E-state index contributed by atoms with van der Waals surface area (Å²) in [6.07, 6.45) is -4.70. The minimum Gasteiger partial charge on any atom is -0.338 e. The van der Waals surface area contributed by atoms with Crippen LogP contribution in [0.15, 0.2) is 6.20 Å². The summed E-state index contributed by atoms with van der Waals surface area (Å²) < 4.78 is 53.9. The zero-order chi connectivity index (χ0) is 19.6. The fourth-order valence-corrected chi connectivity index (χ4v) is 2.72. The minimum atomic E-state index is -3.16. The van der Waals surface area contributed by atoms with Gasteiger partial charge < -0.3 is 4.90 Å². The summed E-state index contributed by atoms with van der Waals surface area (Å²) in [6, 6.07) is 0. The third kappa shape index (κ3) is 4.29. The van der Waals surface area contributed by atoms with Gasteiger partial charge in [-0.3, -0.25) is 14.2 Å². The molecule has 2 aromatic rings. The number of rotatable bonds is 7. The van der Waals surface area contributed by atoms with Gasteiger partial charge in [0.2, 0.25) is 5.91 Å². The number of amides is 1. The molecule has 0 unspecified atom stereocenters. The van der Waals surface area contributed by atoms with Gasteiger partial charge in [0.15, 0.2) is 0 Å². The number of carbonyl (C=O) groups excluding carboxylic acids is 1. The standard InChI is InChI=1S/C14H15Cl2F4N5O/c1-3-24-4-7(15)8(21-24)5-23(2)9(26)6-25-12(14(19)20)10(16)11(22-25)13(17)18/h4,13-14H,3,5-6H2,1-2H3. The van der Waals surface area contributed by atoms with Crippen LogP contribution in [-0.4, -0.2) is 37.4 Å². The van der Waals surface area contributed by atoms with E-state index in [1.165, 1.54) is 11.9 Å². The summed E-state index contributed by atoms with van der Waals surface area (Å²) in [5.74, 6) is -0.644. The van der Waals surface area contributed by atoms with Crippen molar-refractivity contribution < 1.29 is 22.4 Å². The van der Waals surface area contributed by atoms with Crippen LogP contribution in [0, 0.1) is 0 Å². The highest BCUT2D eigenvalue weighted by Gasteiger charge is 2.29. The number of carbonyl (C=O) groups is 1. The van der Waals surface area contributed by atoms with Crippen molar-refractivity contribution in [3.8, 4) is 0 Å². The summed E-state index contributed by atoms with van der Waals surface area (Å²) in [4.78, 5) is 13.5. The summed E-state index contributed by atoms with van der Waals surface area (Å²) in [6.45, 7) is 1.79. The highest BCUT2D eigenvalue weighted by Crippen LogP contribution is 2.34. The van der Waals surface area contributed by atoms with Crippen molar-refractivity contribution in [3.05, 3.63) is 33.3 Å². The molecule has 0 aliphatic heterocycles. The van der Waals surface area contributed by atoms with Crippen LogP contribution in [0.5, 0.6) is 0 Å². The first-order valence-corrected chi connectivity index (χ1v) is 8.19. The fourth-order valence-electron chi connectivity index (χ4n) is 2.21. The highest BCUT2D eigenvalue weighted by atomic mass is 35.5. The molecule has 0 spiro atoms. The molecule has 6 nitrogen and oxygen atoms in total. The molecule has 144 valence electrons. The Morgan fingerprint density at radius 1 is 1.23 bits per heavy atom. The van der Waals surface area contributed by atoms with Crippen LogP contribution < -0.4 is 0 Å². The highest BCUT2D eigenvalue weighted by molar-refractivity contribution is 6.32. The molecule has 0 atom stereocenters. The van der Waals surface area contributed by atoms with Gasteiger partial charge in [-0.25, -0.2) is 17.6 Å². The monoisotopic (exact) mass is 415 g/mol. The molecule has 0 saturated carbocycles. The smallest absolute Gasteiger partial charge is 0.283 e. The van der Waals surface area contributed by atoms with Gasteiger partial charge >= 0.3 is 0 Å². The zero-order valence-electron chi connectivity index (χ0n) is 13.8. The van der Waals surface area contributed by atoms with Crippen LogP contribution in [-0.2, 0) is 24.4 Å². The van der Waals surface area contributed by atoms with Crippen molar-refractivity contribution >= 4 is 29.1 Å². The van der Waals surface area contributed by atoms with Crippen molar-refractivity contribution in [2.75, 3.05) is 7.05 Å². The van der Waals surface area contributed by atoms with E-state index < -0.39 is 41.7 Å². The van der Waals surface area contributed by atoms with Crippen LogP contribution in [0.2, 0.25) is 10.0 Å². The van der Waals surface area contributed by atoms with Crippen LogP contribution in [0.3, 0.4) is 0 Å². The molecule has 0 aliphatic carbocycles. The maximum Gasteiger partial charge on any atom is 0.283 e. The molecule has 0 N–H and O–H groups in total. The number of hydrogen-bond acceptors (Lipinski definition) is 3. The predicted molar refractivity (Wildman–Crippen MR) is 86.5 cm³/mol. The van der Waals surface area contributed by atoms with Gasteiger partial charge in [-0.15, -0.1) is 0 Å². The summed E-state index contributed by atoms with van der Waals surface area (Å²) in [5, 5.41) is 7.04. The van der Waals surface area contributed by atoms with E-state index in [-0.39, 0.29) is 6.54 Å². The molecule has 2 aromatic heterocycles. The van der Waals surface area contributed by atoms with Gasteiger partial charge in [0, 0.05) is 19.8 Å². The van der Waals surface area contributed by atoms with Gasteiger partial charge in [-0.2, -0.15) is 10.2 Å². The second-order valence-electron chi connectivity index (χ2n) is 5.37. The van der Waals surface area contributed by atoms with Crippen LogP contribution in [0.4, 0.5) is 17.6 Å². The predicted octanol–water partition coefficient (Wildman–Crippen LogP) is 3.94. The van der Waals surface area contributed by atoms with Gasteiger partial charge in [-0.05, 0) is 6.92 Å². The van der Waals surface area contributed by atoms with E-state index in [0.717, 1.165) is 0 Å². The lowest BCUT2D eigenvalue weighted by Gasteiger charge is -2.17. The van der Waals surface area contributed by atoms with E-state index in [1.54, 1.807) is 10.9 Å². The maximum absolute atomic E-state index is 13.1. The molecule has 26 heavy (non-hydrogen) atoms. The molecule has 0 aromatic carbocycles. The van der Waals surface area contributed by atoms with E-state index in [4.69, 9.17) is 23.2 Å². The molecular formula is C14H15Cl2F4N5O. The molecule has 2 heterocycles. The van der Waals surface area contributed by atoms with Crippen molar-refractivity contribution in [1.29, 1.82) is 0 Å². The Morgan fingerprint density at radius 2 is 1.88 bits per heavy atom. The Labute approximate surface area is 156 Å². The molecule has 0 radical (unpaired) electrons. The summed E-state index contributed by atoms with van der Waals surface area (Å²) in [5.41, 5.74) is -1.48. The molecule has 0 saturated heterocycles. The normalized spacial score (nSPS) is 11.6. The molecular weight excluding hydrogens is 401 g/mol. The summed E-state index contributed by atoms with van der Waals surface area (Å²) >= 11 is 11.6. The van der Waals surface area contributed by atoms with Crippen molar-refractivity contribution in [2.45, 2.75) is 39.4 Å². The average Bonchev–Trinajstić information content (AvgIpc) is 3.07. The number of aromatic nitrogens is 4. The molecule has 0 bridgehead atoms. The van der Waals surface area contributed by atoms with Gasteiger partial charge in [-0.1, -0.05) is 23.2 Å². The Balaban J connectivity index is 2.18. The molecule has 1 amide bonds. The SMILES string of the molecule is CCn1cc(Cl)c(CN(C)C(=O)Cn2nc(C(F)F)c(Cl)c2C(F)F)n1. The third-order valence-corrected chi connectivity index (χ3v) is 4.28. The molecule has 0 aliphatic rings. The Hall–Kier alpha value is -1.81. The first-order valence-electron chi connectivity index (χ1n) is 7.43. The van der Waals surface area contributed by atoms with E-state index in [9.17, 15) is 22.4 Å². The summed E-state index contributed by atoms with van der Waals surface area (Å²) in [7, 11) is 1.41. The number of hydrogen-bond donors (Lipinski definition) is 0. The van der Waals surface area contributed by atoms with Crippen molar-refractivity contribution in [3.63, 3.8) is 0 Å². The number of halogens is 6. The van der Waals surface area contributed by atoms with Crippen LogP contribution in [0.1, 0.15) is 36.9 Å². The lowest BCUT2D eigenvalue weighted by Crippen LogP contribution is -2.31. The Morgan fingerprint density at radius 3 is 2.38 bits per heavy atom. The average molecular weight is 416 g/mol. The first-order chi connectivity index (χ1) is 12.1. The van der Waals surface area contributed by atoms with Gasteiger partial charge in [0.25, 0.3) is 12.9 Å². The van der Waals surface area contributed by atoms with Gasteiger partial charge in [0.05, 0.1) is 16.6 Å². The maximum atomic E-state index is 13.1. The number of alkyl halides is 4. The van der Waals surface area contributed by atoms with E-state index in [0.29, 0.717) is 21.9 Å². The minimum absolute atomic E-state index is 0.0192. The molecule has 2 rings (SSSR count). The second-order valence-corrected chi connectivity index (χ2v) is 6.16. The van der Waals surface area contributed by atoms with Gasteiger partial charge in [0.1, 0.15) is 23.6 Å². The number of aryl methyl sites for hydroxylation is 1. The molecule has 0 fully saturated rings. The quantitative estimate of drug-likeness (QED) is 0.643. The number of likely N-dealkylation sites (N-methyl/N-ethyl adjacent to an activating group) is 1. The third-order valence-electron chi connectivity index (χ3n) is 3.58. The fraction of sp³-hybridized carbons (Fsp3) is 0.500. The van der Waals surface area contributed by atoms with Crippen molar-refractivity contribution in [2.24, 2.45) is 0 Å². The first kappa shape index (κ1) is 20.5.